The molecule has 0 N–H and O–H groups in total. The van der Waals surface area contributed by atoms with E-state index in [4.69, 9.17) is 9.47 Å². The molecule has 1 atom stereocenters. The van der Waals surface area contributed by atoms with Crippen molar-refractivity contribution in [2.24, 2.45) is 0 Å². The van der Waals surface area contributed by atoms with Gasteiger partial charge in [0.2, 0.25) is 0 Å². The van der Waals surface area contributed by atoms with E-state index in [2.05, 4.69) is 9.80 Å². The maximum Gasteiger partial charge on any atom is 0.253 e. The van der Waals surface area contributed by atoms with Crippen molar-refractivity contribution in [2.45, 2.75) is 12.6 Å². The first-order chi connectivity index (χ1) is 15.7. The zero-order chi connectivity index (χ0) is 22.2. The lowest BCUT2D eigenvalue weighted by molar-refractivity contribution is -0.0443. The fraction of sp³-hybridized carbons (Fsp3) is 0.480. The van der Waals surface area contributed by atoms with E-state index in [0.29, 0.717) is 25.3 Å². The molecule has 0 spiro atoms. The fourth-order valence-corrected chi connectivity index (χ4v) is 4.25. The molecule has 0 radical (unpaired) electrons. The van der Waals surface area contributed by atoms with Crippen LogP contribution in [0.25, 0.3) is 0 Å². The number of carbonyl (C=O) groups excluding carboxylic acids is 1. The number of benzene rings is 2. The van der Waals surface area contributed by atoms with Crippen molar-refractivity contribution in [1.29, 1.82) is 0 Å². The molecule has 2 aliphatic rings. The van der Waals surface area contributed by atoms with Crippen LogP contribution in [0, 0.1) is 5.82 Å². The summed E-state index contributed by atoms with van der Waals surface area (Å²) in [7, 11) is 0. The van der Waals surface area contributed by atoms with Gasteiger partial charge in [-0.3, -0.25) is 14.6 Å². The van der Waals surface area contributed by atoms with Crippen LogP contribution >= 0.6 is 0 Å². The van der Waals surface area contributed by atoms with Gasteiger partial charge in [-0.05, 0) is 29.8 Å². The van der Waals surface area contributed by atoms with Gasteiger partial charge in [-0.2, -0.15) is 0 Å². The highest BCUT2D eigenvalue weighted by Gasteiger charge is 2.26. The van der Waals surface area contributed by atoms with Crippen molar-refractivity contribution in [3.63, 3.8) is 0 Å². The van der Waals surface area contributed by atoms with Gasteiger partial charge < -0.3 is 14.4 Å². The number of rotatable bonds is 8. The summed E-state index contributed by atoms with van der Waals surface area (Å²) in [5, 5.41) is 0. The molecule has 0 aromatic heterocycles. The Hall–Kier alpha value is -2.32. The van der Waals surface area contributed by atoms with Crippen molar-refractivity contribution < 1.29 is 18.7 Å². The van der Waals surface area contributed by atoms with Crippen molar-refractivity contribution in [2.75, 3.05) is 65.6 Å². The van der Waals surface area contributed by atoms with Gasteiger partial charge in [0.05, 0.1) is 25.9 Å². The number of halogens is 1. The Morgan fingerprint density at radius 2 is 1.69 bits per heavy atom. The molecule has 0 saturated carbocycles. The van der Waals surface area contributed by atoms with Crippen molar-refractivity contribution in [1.82, 2.24) is 14.7 Å². The molecule has 2 aromatic carbocycles. The van der Waals surface area contributed by atoms with Crippen LogP contribution in [-0.4, -0.2) is 92.3 Å². The van der Waals surface area contributed by atoms with Crippen LogP contribution in [0.3, 0.4) is 0 Å². The third-order valence-corrected chi connectivity index (χ3v) is 6.06. The fourth-order valence-electron chi connectivity index (χ4n) is 4.25. The Morgan fingerprint density at radius 3 is 2.44 bits per heavy atom. The summed E-state index contributed by atoms with van der Waals surface area (Å²) < 4.78 is 24.7. The van der Waals surface area contributed by atoms with E-state index in [9.17, 15) is 9.18 Å². The van der Waals surface area contributed by atoms with E-state index in [1.54, 1.807) is 0 Å². The molecule has 2 aliphatic heterocycles. The second-order valence-electron chi connectivity index (χ2n) is 8.43. The average molecular weight is 442 g/mol. The lowest BCUT2D eigenvalue weighted by atomic mass is 10.1. The van der Waals surface area contributed by atoms with Gasteiger partial charge in [-0.15, -0.1) is 0 Å². The van der Waals surface area contributed by atoms with Crippen LogP contribution in [0.2, 0.25) is 0 Å². The minimum Gasteiger partial charge on any atom is -0.379 e. The van der Waals surface area contributed by atoms with E-state index in [1.807, 2.05) is 47.4 Å². The number of morpholine rings is 2. The van der Waals surface area contributed by atoms with E-state index in [-0.39, 0.29) is 17.8 Å². The summed E-state index contributed by atoms with van der Waals surface area (Å²) in [6, 6.07) is 16.1. The zero-order valence-corrected chi connectivity index (χ0v) is 18.5. The Labute approximate surface area is 189 Å². The molecule has 2 aromatic rings. The van der Waals surface area contributed by atoms with Crippen molar-refractivity contribution in [3.05, 3.63) is 71.5 Å². The maximum atomic E-state index is 13.3. The molecular weight excluding hydrogens is 409 g/mol. The van der Waals surface area contributed by atoms with Crippen LogP contribution in [0.4, 0.5) is 4.39 Å². The molecule has 172 valence electrons. The molecule has 4 rings (SSSR count). The van der Waals surface area contributed by atoms with Gasteiger partial charge in [0, 0.05) is 57.9 Å². The van der Waals surface area contributed by atoms with Crippen LogP contribution in [-0.2, 0) is 16.0 Å². The van der Waals surface area contributed by atoms with E-state index < -0.39 is 0 Å². The third kappa shape index (κ3) is 6.59. The number of carbonyl (C=O) groups is 1. The summed E-state index contributed by atoms with van der Waals surface area (Å²) in [6.07, 6.45) is -0.0541. The summed E-state index contributed by atoms with van der Waals surface area (Å²) in [6.45, 7) is 8.29. The van der Waals surface area contributed by atoms with Crippen LogP contribution in [0.5, 0.6) is 0 Å². The highest BCUT2D eigenvalue weighted by molar-refractivity contribution is 5.94. The minimum absolute atomic E-state index is 0.0399. The second-order valence-corrected chi connectivity index (χ2v) is 8.43. The first-order valence-electron chi connectivity index (χ1n) is 11.4. The third-order valence-electron chi connectivity index (χ3n) is 6.06. The smallest absolute Gasteiger partial charge is 0.253 e. The van der Waals surface area contributed by atoms with Gasteiger partial charge in [0.15, 0.2) is 0 Å². The molecule has 0 aliphatic carbocycles. The van der Waals surface area contributed by atoms with E-state index in [1.165, 1.54) is 12.1 Å². The standard InChI is InChI=1S/C25H32FN3O3/c26-23-8-6-21(7-9-23)18-28-14-17-32-24(19-28)20-29(11-10-27-12-15-31-16-13-27)25(30)22-4-2-1-3-5-22/h1-9,24H,10-20H2. The van der Waals surface area contributed by atoms with E-state index in [0.717, 1.165) is 58.0 Å². The molecule has 32 heavy (non-hydrogen) atoms. The van der Waals surface area contributed by atoms with Crippen molar-refractivity contribution in [3.8, 4) is 0 Å². The van der Waals surface area contributed by atoms with Gasteiger partial charge in [-0.1, -0.05) is 30.3 Å². The molecule has 2 heterocycles. The average Bonchev–Trinajstić information content (AvgIpc) is 2.84. The Morgan fingerprint density at radius 1 is 0.969 bits per heavy atom. The molecule has 7 heteroatoms. The Bertz CT molecular complexity index is 843. The zero-order valence-electron chi connectivity index (χ0n) is 18.5. The molecule has 6 nitrogen and oxygen atoms in total. The van der Waals surface area contributed by atoms with Gasteiger partial charge in [-0.25, -0.2) is 4.39 Å². The summed E-state index contributed by atoms with van der Waals surface area (Å²) in [4.78, 5) is 19.9. The maximum absolute atomic E-state index is 13.3. The summed E-state index contributed by atoms with van der Waals surface area (Å²) >= 11 is 0. The quantitative estimate of drug-likeness (QED) is 0.630. The summed E-state index contributed by atoms with van der Waals surface area (Å²) in [5.41, 5.74) is 1.78. The number of hydrogen-bond acceptors (Lipinski definition) is 5. The molecule has 1 amide bonds. The monoisotopic (exact) mass is 441 g/mol. The molecular formula is C25H32FN3O3. The molecule has 2 saturated heterocycles. The first-order valence-corrected chi connectivity index (χ1v) is 11.4. The predicted molar refractivity (Wildman–Crippen MR) is 121 cm³/mol. The topological polar surface area (TPSA) is 45.2 Å². The number of amides is 1. The minimum atomic E-state index is -0.219. The normalized spacial score (nSPS) is 20.2. The SMILES string of the molecule is O=C(c1ccccc1)N(CCN1CCOCC1)CC1CN(Cc2ccc(F)cc2)CCO1. The van der Waals surface area contributed by atoms with Crippen molar-refractivity contribution >= 4 is 5.91 Å². The lowest BCUT2D eigenvalue weighted by Crippen LogP contribution is -2.50. The molecule has 0 bridgehead atoms. The highest BCUT2D eigenvalue weighted by Crippen LogP contribution is 2.14. The lowest BCUT2D eigenvalue weighted by Gasteiger charge is -2.36. The highest BCUT2D eigenvalue weighted by atomic mass is 19.1. The van der Waals surface area contributed by atoms with Crippen LogP contribution in [0.15, 0.2) is 54.6 Å². The Kier molecular flexibility index (Phi) is 8.23. The molecule has 1 unspecified atom stereocenters. The largest absolute Gasteiger partial charge is 0.379 e. The predicted octanol–water partition coefficient (Wildman–Crippen LogP) is 2.50. The second kappa shape index (κ2) is 11.5. The van der Waals surface area contributed by atoms with E-state index >= 15 is 0 Å². The van der Waals surface area contributed by atoms with Gasteiger partial charge in [0.1, 0.15) is 5.82 Å². The molecule has 2 fully saturated rings. The van der Waals surface area contributed by atoms with Gasteiger partial charge in [0.25, 0.3) is 5.91 Å². The first kappa shape index (κ1) is 22.9. The summed E-state index contributed by atoms with van der Waals surface area (Å²) in [5.74, 6) is -0.179. The van der Waals surface area contributed by atoms with Crippen LogP contribution < -0.4 is 0 Å². The number of ether oxygens (including phenoxy) is 2. The van der Waals surface area contributed by atoms with Gasteiger partial charge >= 0.3 is 0 Å². The number of nitrogens with zero attached hydrogens (tertiary/aromatic N) is 3. The van der Waals surface area contributed by atoms with Crippen LogP contribution in [0.1, 0.15) is 15.9 Å². The Balaban J connectivity index is 1.38. The number of hydrogen-bond donors (Lipinski definition) is 0.